The number of carbonyl (C=O) groups is 1. The number of anilines is 5. The Morgan fingerprint density at radius 1 is 0.833 bits per heavy atom. The van der Waals surface area contributed by atoms with Crippen molar-refractivity contribution in [3.8, 4) is 6.07 Å². The van der Waals surface area contributed by atoms with Crippen LogP contribution in [0.2, 0.25) is 0 Å². The second kappa shape index (κ2) is 9.95. The maximum atomic E-state index is 13.3. The predicted octanol–water partition coefficient (Wildman–Crippen LogP) is 6.27. The highest BCUT2D eigenvalue weighted by Gasteiger charge is 2.15. The number of carbonyl (C=O) groups excluding carboxylic acids is 1. The van der Waals surface area contributed by atoms with Crippen LogP contribution in [-0.2, 0) is 0 Å². The predicted molar refractivity (Wildman–Crippen MR) is 143 cm³/mol. The molecule has 7 heteroatoms. The lowest BCUT2D eigenvalue weighted by atomic mass is 10.1. The van der Waals surface area contributed by atoms with Crippen LogP contribution in [0.15, 0.2) is 104 Å². The second-order valence-electron chi connectivity index (χ2n) is 8.18. The van der Waals surface area contributed by atoms with Gasteiger partial charge in [0.15, 0.2) is 0 Å². The first-order valence-electron chi connectivity index (χ1n) is 11.3. The number of nitriles is 1. The van der Waals surface area contributed by atoms with Crippen LogP contribution in [0.1, 0.15) is 15.9 Å². The van der Waals surface area contributed by atoms with E-state index in [1.54, 1.807) is 48.7 Å². The molecule has 36 heavy (non-hydrogen) atoms. The minimum absolute atomic E-state index is 0.133. The minimum Gasteiger partial charge on any atom is -0.355 e. The van der Waals surface area contributed by atoms with Crippen molar-refractivity contribution in [2.75, 3.05) is 22.6 Å². The average molecular weight is 471 g/mol. The number of hydrogen-bond donors (Lipinski definition) is 2. The Labute approximate surface area is 208 Å². The zero-order chi connectivity index (χ0) is 24.9. The first kappa shape index (κ1) is 22.6. The van der Waals surface area contributed by atoms with Gasteiger partial charge < -0.3 is 15.5 Å². The number of hydrogen-bond acceptors (Lipinski definition) is 6. The van der Waals surface area contributed by atoms with Crippen molar-refractivity contribution in [2.24, 2.45) is 0 Å². The number of aromatic nitrogens is 2. The van der Waals surface area contributed by atoms with E-state index in [1.165, 1.54) is 0 Å². The summed E-state index contributed by atoms with van der Waals surface area (Å²) in [6, 6.07) is 28.2. The Kier molecular flexibility index (Phi) is 6.24. The zero-order valence-corrected chi connectivity index (χ0v) is 19.5. The summed E-state index contributed by atoms with van der Waals surface area (Å²) in [5.74, 6) is -0.133. The van der Waals surface area contributed by atoms with Gasteiger partial charge in [-0.2, -0.15) is 5.26 Å². The van der Waals surface area contributed by atoms with Crippen LogP contribution in [0.3, 0.4) is 0 Å². The molecule has 1 amide bonds. The molecule has 7 nitrogen and oxygen atoms in total. The van der Waals surface area contributed by atoms with E-state index in [-0.39, 0.29) is 5.91 Å². The van der Waals surface area contributed by atoms with Gasteiger partial charge in [-0.15, -0.1) is 0 Å². The van der Waals surface area contributed by atoms with Gasteiger partial charge in [-0.1, -0.05) is 12.1 Å². The van der Waals surface area contributed by atoms with E-state index in [1.807, 2.05) is 66.7 Å². The summed E-state index contributed by atoms with van der Waals surface area (Å²) in [6.45, 7) is 0. The van der Waals surface area contributed by atoms with Crippen LogP contribution < -0.4 is 15.5 Å². The Balaban J connectivity index is 1.37. The third-order valence-electron chi connectivity index (χ3n) is 5.77. The minimum atomic E-state index is -0.133. The number of nitrogens with zero attached hydrogens (tertiary/aromatic N) is 4. The Bertz CT molecular complexity index is 1590. The van der Waals surface area contributed by atoms with Crippen molar-refractivity contribution < 1.29 is 4.79 Å². The molecule has 5 aromatic rings. The van der Waals surface area contributed by atoms with Gasteiger partial charge in [0, 0.05) is 65.0 Å². The molecule has 0 fully saturated rings. The normalized spacial score (nSPS) is 10.4. The fourth-order valence-electron chi connectivity index (χ4n) is 3.92. The highest BCUT2D eigenvalue weighted by molar-refractivity contribution is 6.06. The molecular weight excluding hydrogens is 448 g/mol. The highest BCUT2D eigenvalue weighted by Crippen LogP contribution is 2.27. The zero-order valence-electron chi connectivity index (χ0n) is 19.5. The van der Waals surface area contributed by atoms with Crippen molar-refractivity contribution in [2.45, 2.75) is 0 Å². The third kappa shape index (κ3) is 4.83. The summed E-state index contributed by atoms with van der Waals surface area (Å²) >= 11 is 0. The number of nitrogens with one attached hydrogen (secondary N) is 2. The van der Waals surface area contributed by atoms with Crippen LogP contribution in [0, 0.1) is 11.3 Å². The lowest BCUT2D eigenvalue weighted by molar-refractivity contribution is 0.0993. The lowest BCUT2D eigenvalue weighted by Crippen LogP contribution is -2.26. The second-order valence-corrected chi connectivity index (χ2v) is 8.18. The molecule has 0 aliphatic rings. The van der Waals surface area contributed by atoms with Crippen molar-refractivity contribution >= 4 is 45.2 Å². The number of pyridine rings is 2. The van der Waals surface area contributed by atoms with Gasteiger partial charge in [0.05, 0.1) is 17.1 Å². The molecule has 2 N–H and O–H groups in total. The quantitative estimate of drug-likeness (QED) is 0.304. The standard InChI is InChI=1S/C29H22N6O/c1-35(25-7-3-6-24(18-25)33-22-10-13-31-14-11-22)29(36)21-4-2-5-23(17-21)34-28-12-15-32-27-9-8-20(19-30)16-26(27)28/h2-18H,1H3,(H,31,33)(H,32,34). The van der Waals surface area contributed by atoms with E-state index in [0.29, 0.717) is 11.1 Å². The van der Waals surface area contributed by atoms with Gasteiger partial charge in [-0.3, -0.25) is 14.8 Å². The summed E-state index contributed by atoms with van der Waals surface area (Å²) < 4.78 is 0. The first-order chi connectivity index (χ1) is 17.6. The molecule has 0 unspecified atom stereocenters. The Morgan fingerprint density at radius 2 is 1.61 bits per heavy atom. The van der Waals surface area contributed by atoms with Crippen molar-refractivity contribution in [3.63, 3.8) is 0 Å². The molecule has 0 aliphatic heterocycles. The third-order valence-corrected chi connectivity index (χ3v) is 5.77. The van der Waals surface area contributed by atoms with Gasteiger partial charge >= 0.3 is 0 Å². The SMILES string of the molecule is CN(C(=O)c1cccc(Nc2ccnc3ccc(C#N)cc23)c1)c1cccc(Nc2ccncc2)c1. The van der Waals surface area contributed by atoms with Gasteiger partial charge in [0.2, 0.25) is 0 Å². The van der Waals surface area contributed by atoms with Crippen LogP contribution in [0.4, 0.5) is 28.4 Å². The molecule has 2 heterocycles. The van der Waals surface area contributed by atoms with Gasteiger partial charge in [-0.25, -0.2) is 0 Å². The Hall–Kier alpha value is -5.22. The topological polar surface area (TPSA) is 93.9 Å². The van der Waals surface area contributed by atoms with Crippen LogP contribution >= 0.6 is 0 Å². The van der Waals surface area contributed by atoms with Crippen molar-refractivity contribution in [3.05, 3.63) is 115 Å². The molecule has 174 valence electrons. The Morgan fingerprint density at radius 3 is 2.42 bits per heavy atom. The van der Waals surface area contributed by atoms with E-state index >= 15 is 0 Å². The highest BCUT2D eigenvalue weighted by atomic mass is 16.2. The average Bonchev–Trinajstić information content (AvgIpc) is 2.93. The summed E-state index contributed by atoms with van der Waals surface area (Å²) in [4.78, 5) is 23.4. The van der Waals surface area contributed by atoms with E-state index in [0.717, 1.165) is 39.3 Å². The molecule has 0 aliphatic carbocycles. The van der Waals surface area contributed by atoms with Crippen molar-refractivity contribution in [1.29, 1.82) is 5.26 Å². The molecule has 0 saturated heterocycles. The monoisotopic (exact) mass is 470 g/mol. The van der Waals surface area contributed by atoms with Gasteiger partial charge in [-0.05, 0) is 72.8 Å². The number of benzene rings is 3. The summed E-state index contributed by atoms with van der Waals surface area (Å²) in [7, 11) is 1.76. The van der Waals surface area contributed by atoms with Gasteiger partial charge in [0.25, 0.3) is 5.91 Å². The van der Waals surface area contributed by atoms with Crippen LogP contribution in [-0.4, -0.2) is 22.9 Å². The summed E-state index contributed by atoms with van der Waals surface area (Å²) in [6.07, 6.45) is 5.16. The van der Waals surface area contributed by atoms with Crippen LogP contribution in [0.25, 0.3) is 10.9 Å². The number of amides is 1. The molecule has 5 rings (SSSR count). The first-order valence-corrected chi connectivity index (χ1v) is 11.3. The van der Waals surface area contributed by atoms with E-state index < -0.39 is 0 Å². The molecule has 0 bridgehead atoms. The van der Waals surface area contributed by atoms with Crippen LogP contribution in [0.5, 0.6) is 0 Å². The maximum Gasteiger partial charge on any atom is 0.258 e. The smallest absolute Gasteiger partial charge is 0.258 e. The summed E-state index contributed by atoms with van der Waals surface area (Å²) in [5.41, 5.74) is 6.02. The molecule has 3 aromatic carbocycles. The lowest BCUT2D eigenvalue weighted by Gasteiger charge is -2.19. The van der Waals surface area contributed by atoms with Gasteiger partial charge in [0.1, 0.15) is 0 Å². The molecule has 0 atom stereocenters. The fourth-order valence-corrected chi connectivity index (χ4v) is 3.92. The summed E-state index contributed by atoms with van der Waals surface area (Å²) in [5, 5.41) is 16.8. The molecule has 2 aromatic heterocycles. The molecule has 0 spiro atoms. The molecule has 0 saturated carbocycles. The maximum absolute atomic E-state index is 13.3. The van der Waals surface area contributed by atoms with E-state index in [4.69, 9.17) is 0 Å². The molecule has 0 radical (unpaired) electrons. The van der Waals surface area contributed by atoms with E-state index in [2.05, 4.69) is 26.7 Å². The number of rotatable bonds is 6. The number of fused-ring (bicyclic) bond motifs is 1. The van der Waals surface area contributed by atoms with Crippen molar-refractivity contribution in [1.82, 2.24) is 9.97 Å². The molecular formula is C29H22N6O. The van der Waals surface area contributed by atoms with E-state index in [9.17, 15) is 10.1 Å². The largest absolute Gasteiger partial charge is 0.355 e. The fraction of sp³-hybridized carbons (Fsp3) is 0.0345.